The fourth-order valence-electron chi connectivity index (χ4n) is 2.19. The monoisotopic (exact) mass is 340 g/mol. The smallest absolute Gasteiger partial charge is 0.0737 e. The lowest BCUT2D eigenvalue weighted by atomic mass is 10.1. The van der Waals surface area contributed by atoms with Gasteiger partial charge in [-0.1, -0.05) is 40.9 Å². The van der Waals surface area contributed by atoms with Crippen molar-refractivity contribution in [2.45, 2.75) is 19.8 Å². The zero-order valence-corrected chi connectivity index (χ0v) is 13.4. The Kier molecular flexibility index (Phi) is 5.46. The third-order valence-electron chi connectivity index (χ3n) is 3.16. The fourth-order valence-corrected chi connectivity index (χ4v) is 2.78. The maximum absolute atomic E-state index is 6.03. The molecule has 19 heavy (non-hydrogen) atoms. The summed E-state index contributed by atoms with van der Waals surface area (Å²) in [7, 11) is 0. The molecule has 2 rings (SSSR count). The topological polar surface area (TPSA) is 16.1 Å². The zero-order chi connectivity index (χ0) is 13.7. The highest BCUT2D eigenvalue weighted by atomic mass is 79.9. The molecular weight excluding hydrogens is 324 g/mol. The van der Waals surface area contributed by atoms with E-state index in [9.17, 15) is 0 Å². The minimum absolute atomic E-state index is 0.734. The number of alkyl halides is 1. The van der Waals surface area contributed by atoms with Gasteiger partial charge in [0, 0.05) is 40.7 Å². The van der Waals surface area contributed by atoms with Gasteiger partial charge in [-0.05, 0) is 30.7 Å². The summed E-state index contributed by atoms with van der Waals surface area (Å²) in [5.74, 6) is 0. The van der Waals surface area contributed by atoms with E-state index >= 15 is 0 Å². The van der Waals surface area contributed by atoms with E-state index in [1.54, 1.807) is 0 Å². The maximum atomic E-state index is 6.03. The minimum atomic E-state index is 0.734. The SMILES string of the molecule is CCCCN(CCBr)c1ccnc2cc(Cl)ccc12. The summed E-state index contributed by atoms with van der Waals surface area (Å²) in [6, 6.07) is 8.01. The van der Waals surface area contributed by atoms with Gasteiger partial charge in [0.2, 0.25) is 0 Å². The summed E-state index contributed by atoms with van der Waals surface area (Å²) in [6.07, 6.45) is 4.26. The van der Waals surface area contributed by atoms with Crippen LogP contribution in [0.4, 0.5) is 5.69 Å². The molecule has 0 spiro atoms. The summed E-state index contributed by atoms with van der Waals surface area (Å²) in [6.45, 7) is 4.29. The highest BCUT2D eigenvalue weighted by Crippen LogP contribution is 2.27. The Morgan fingerprint density at radius 3 is 2.84 bits per heavy atom. The Hall–Kier alpha value is -0.800. The van der Waals surface area contributed by atoms with Crippen molar-refractivity contribution in [1.29, 1.82) is 0 Å². The van der Waals surface area contributed by atoms with Gasteiger partial charge in [0.1, 0.15) is 0 Å². The quantitative estimate of drug-likeness (QED) is 0.695. The summed E-state index contributed by atoms with van der Waals surface area (Å²) in [5.41, 5.74) is 2.20. The van der Waals surface area contributed by atoms with Crippen molar-refractivity contribution in [3.05, 3.63) is 35.5 Å². The van der Waals surface area contributed by atoms with Gasteiger partial charge in [-0.3, -0.25) is 4.98 Å². The largest absolute Gasteiger partial charge is 0.370 e. The zero-order valence-electron chi connectivity index (χ0n) is 11.1. The van der Waals surface area contributed by atoms with Crippen molar-refractivity contribution < 1.29 is 0 Å². The molecule has 0 amide bonds. The third kappa shape index (κ3) is 3.61. The van der Waals surface area contributed by atoms with Crippen molar-refractivity contribution in [3.63, 3.8) is 0 Å². The number of pyridine rings is 1. The Bertz CT molecular complexity index is 545. The minimum Gasteiger partial charge on any atom is -0.370 e. The van der Waals surface area contributed by atoms with Crippen LogP contribution in [0.3, 0.4) is 0 Å². The highest BCUT2D eigenvalue weighted by molar-refractivity contribution is 9.09. The molecule has 0 bridgehead atoms. The normalized spacial score (nSPS) is 10.9. The van der Waals surface area contributed by atoms with E-state index in [0.717, 1.165) is 29.0 Å². The van der Waals surface area contributed by atoms with Crippen LogP contribution in [-0.2, 0) is 0 Å². The summed E-state index contributed by atoms with van der Waals surface area (Å²) in [4.78, 5) is 6.82. The second-order valence-corrected chi connectivity index (χ2v) is 5.75. The van der Waals surface area contributed by atoms with Gasteiger partial charge in [-0.25, -0.2) is 0 Å². The van der Waals surface area contributed by atoms with Crippen LogP contribution in [0.25, 0.3) is 10.9 Å². The van der Waals surface area contributed by atoms with Gasteiger partial charge in [-0.2, -0.15) is 0 Å². The lowest BCUT2D eigenvalue weighted by Crippen LogP contribution is -2.26. The lowest BCUT2D eigenvalue weighted by molar-refractivity contribution is 0.737. The first kappa shape index (κ1) is 14.6. The summed E-state index contributed by atoms with van der Waals surface area (Å²) >= 11 is 9.57. The van der Waals surface area contributed by atoms with Gasteiger partial charge in [-0.15, -0.1) is 0 Å². The molecule has 2 nitrogen and oxygen atoms in total. The molecule has 1 aromatic carbocycles. The van der Waals surface area contributed by atoms with Crippen molar-refractivity contribution in [2.75, 3.05) is 23.3 Å². The first-order valence-electron chi connectivity index (χ1n) is 6.61. The van der Waals surface area contributed by atoms with Crippen LogP contribution in [0.15, 0.2) is 30.5 Å². The van der Waals surface area contributed by atoms with Gasteiger partial charge in [0.15, 0.2) is 0 Å². The number of aromatic nitrogens is 1. The number of anilines is 1. The molecule has 4 heteroatoms. The molecule has 0 N–H and O–H groups in total. The van der Waals surface area contributed by atoms with Crippen LogP contribution < -0.4 is 4.90 Å². The molecule has 0 atom stereocenters. The van der Waals surface area contributed by atoms with Crippen LogP contribution in [0, 0.1) is 0 Å². The summed E-state index contributed by atoms with van der Waals surface area (Å²) in [5, 5.41) is 2.87. The van der Waals surface area contributed by atoms with E-state index in [-0.39, 0.29) is 0 Å². The Balaban J connectivity index is 2.40. The van der Waals surface area contributed by atoms with Crippen molar-refractivity contribution in [1.82, 2.24) is 4.98 Å². The van der Waals surface area contributed by atoms with Gasteiger partial charge in [0.05, 0.1) is 5.52 Å². The first-order valence-corrected chi connectivity index (χ1v) is 8.11. The number of rotatable bonds is 6. The second kappa shape index (κ2) is 7.11. The molecule has 102 valence electrons. The molecule has 0 saturated heterocycles. The van der Waals surface area contributed by atoms with Crippen molar-refractivity contribution >= 4 is 44.1 Å². The van der Waals surface area contributed by atoms with E-state index in [4.69, 9.17) is 11.6 Å². The lowest BCUT2D eigenvalue weighted by Gasteiger charge is -2.25. The predicted octanol–water partition coefficient (Wildman–Crippen LogP) is 4.89. The molecule has 0 aliphatic carbocycles. The van der Waals surface area contributed by atoms with Gasteiger partial charge in [0.25, 0.3) is 0 Å². The maximum Gasteiger partial charge on any atom is 0.0737 e. The molecule has 0 fully saturated rings. The molecule has 2 aromatic rings. The third-order valence-corrected chi connectivity index (χ3v) is 3.75. The molecule has 1 heterocycles. The van der Waals surface area contributed by atoms with E-state index in [2.05, 4.69) is 44.9 Å². The van der Waals surface area contributed by atoms with Crippen LogP contribution in [0.5, 0.6) is 0 Å². The Labute approximate surface area is 127 Å². The second-order valence-electron chi connectivity index (χ2n) is 4.52. The molecule has 0 aliphatic rings. The average Bonchev–Trinajstić information content (AvgIpc) is 2.42. The Morgan fingerprint density at radius 2 is 2.11 bits per heavy atom. The van der Waals surface area contributed by atoms with Crippen molar-refractivity contribution in [2.24, 2.45) is 0 Å². The first-order chi connectivity index (χ1) is 9.26. The van der Waals surface area contributed by atoms with Crippen LogP contribution in [0.2, 0.25) is 5.02 Å². The number of fused-ring (bicyclic) bond motifs is 1. The Morgan fingerprint density at radius 1 is 1.26 bits per heavy atom. The average molecular weight is 342 g/mol. The van der Waals surface area contributed by atoms with E-state index in [0.29, 0.717) is 0 Å². The molecule has 1 aromatic heterocycles. The molecule has 0 aliphatic heterocycles. The molecular formula is C15H18BrClN2. The van der Waals surface area contributed by atoms with E-state index in [1.165, 1.54) is 23.9 Å². The van der Waals surface area contributed by atoms with Crippen molar-refractivity contribution in [3.8, 4) is 0 Å². The number of halogens is 2. The van der Waals surface area contributed by atoms with E-state index in [1.807, 2.05) is 18.3 Å². The van der Waals surface area contributed by atoms with Crippen LogP contribution >= 0.6 is 27.5 Å². The number of benzene rings is 1. The van der Waals surface area contributed by atoms with E-state index < -0.39 is 0 Å². The number of hydrogen-bond acceptors (Lipinski definition) is 2. The van der Waals surface area contributed by atoms with Crippen LogP contribution in [0.1, 0.15) is 19.8 Å². The number of unbranched alkanes of at least 4 members (excludes halogenated alkanes) is 1. The van der Waals surface area contributed by atoms with Gasteiger partial charge < -0.3 is 4.90 Å². The fraction of sp³-hybridized carbons (Fsp3) is 0.400. The van der Waals surface area contributed by atoms with Gasteiger partial charge >= 0.3 is 0 Å². The number of hydrogen-bond donors (Lipinski definition) is 0. The molecule has 0 unspecified atom stereocenters. The standard InChI is InChI=1S/C15H18BrClN2/c1-2-3-9-19(10-7-16)15-6-8-18-14-11-12(17)4-5-13(14)15/h4-6,8,11H,2-3,7,9-10H2,1H3. The predicted molar refractivity (Wildman–Crippen MR) is 87.7 cm³/mol. The highest BCUT2D eigenvalue weighted by Gasteiger charge is 2.10. The molecule has 0 saturated carbocycles. The molecule has 0 radical (unpaired) electrons. The summed E-state index contributed by atoms with van der Waals surface area (Å²) < 4.78 is 0. The van der Waals surface area contributed by atoms with Crippen LogP contribution in [-0.4, -0.2) is 23.4 Å². The number of nitrogens with zero attached hydrogens (tertiary/aromatic N) is 2.